The van der Waals surface area contributed by atoms with Gasteiger partial charge < -0.3 is 28.7 Å². The number of rotatable bonds is 5. The maximum atomic E-state index is 11.7. The Morgan fingerprint density at radius 2 is 2.12 bits per heavy atom. The Morgan fingerprint density at radius 1 is 1.38 bits per heavy atom. The fourth-order valence-electron chi connectivity index (χ4n) is 2.80. The number of nitrogens with one attached hydrogen (secondary N) is 1. The summed E-state index contributed by atoms with van der Waals surface area (Å²) in [6.07, 6.45) is -0.450. The van der Waals surface area contributed by atoms with Crippen molar-refractivity contribution in [2.75, 3.05) is 65.9 Å². The van der Waals surface area contributed by atoms with Gasteiger partial charge in [0.25, 0.3) is 0 Å². The topological polar surface area (TPSA) is 76.8 Å². The van der Waals surface area contributed by atoms with E-state index in [1.54, 1.807) is 20.2 Å². The largest absolute Gasteiger partial charge is 0.414 e. The SMILES string of the molecule is CN(C)C(=O)Oc1ccc2c(NCC[N+]3(C)CCOCC3)onc2c1Br. The summed E-state index contributed by atoms with van der Waals surface area (Å²) in [5.41, 5.74) is 0.614. The van der Waals surface area contributed by atoms with Crippen LogP contribution in [0.25, 0.3) is 10.9 Å². The Morgan fingerprint density at radius 3 is 2.81 bits per heavy atom. The number of hydrogen-bond acceptors (Lipinski definition) is 6. The molecule has 0 unspecified atom stereocenters. The average Bonchev–Trinajstić information content (AvgIpc) is 3.01. The molecule has 1 fully saturated rings. The molecule has 0 atom stereocenters. The summed E-state index contributed by atoms with van der Waals surface area (Å²) < 4.78 is 17.8. The fraction of sp³-hybridized carbons (Fsp3) is 0.529. The summed E-state index contributed by atoms with van der Waals surface area (Å²) in [6.45, 7) is 5.41. The number of nitrogens with zero attached hydrogens (tertiary/aromatic N) is 3. The van der Waals surface area contributed by atoms with Crippen LogP contribution >= 0.6 is 15.9 Å². The van der Waals surface area contributed by atoms with Crippen molar-refractivity contribution in [2.24, 2.45) is 0 Å². The highest BCUT2D eigenvalue weighted by Gasteiger charge is 2.25. The van der Waals surface area contributed by atoms with E-state index >= 15 is 0 Å². The number of halogens is 1. The molecule has 3 rings (SSSR count). The number of carbonyl (C=O) groups is 1. The van der Waals surface area contributed by atoms with Crippen LogP contribution in [0.5, 0.6) is 5.75 Å². The number of morpholine rings is 1. The third kappa shape index (κ3) is 4.11. The van der Waals surface area contributed by atoms with Crippen molar-refractivity contribution in [2.45, 2.75) is 0 Å². The van der Waals surface area contributed by atoms with Crippen LogP contribution in [0, 0.1) is 0 Å². The second-order valence-electron chi connectivity index (χ2n) is 6.88. The van der Waals surface area contributed by atoms with E-state index in [0.29, 0.717) is 21.6 Å². The highest BCUT2D eigenvalue weighted by atomic mass is 79.9. The molecule has 2 aromatic rings. The van der Waals surface area contributed by atoms with Gasteiger partial charge in [0.1, 0.15) is 24.4 Å². The van der Waals surface area contributed by atoms with Gasteiger partial charge in [0.15, 0.2) is 0 Å². The number of likely N-dealkylation sites (N-methyl/N-ethyl adjacent to an activating group) is 1. The number of ether oxygens (including phenoxy) is 2. The van der Waals surface area contributed by atoms with E-state index in [4.69, 9.17) is 14.0 Å². The van der Waals surface area contributed by atoms with Crippen LogP contribution in [0.2, 0.25) is 0 Å². The minimum Gasteiger partial charge on any atom is -0.409 e. The molecular weight excluding hydrogens is 404 g/mol. The lowest BCUT2D eigenvalue weighted by Crippen LogP contribution is -2.53. The predicted molar refractivity (Wildman–Crippen MR) is 102 cm³/mol. The molecule has 9 heteroatoms. The molecule has 0 radical (unpaired) electrons. The van der Waals surface area contributed by atoms with Crippen LogP contribution in [-0.4, -0.2) is 81.2 Å². The Labute approximate surface area is 160 Å². The van der Waals surface area contributed by atoms with Gasteiger partial charge >= 0.3 is 6.09 Å². The highest BCUT2D eigenvalue weighted by Crippen LogP contribution is 2.36. The van der Waals surface area contributed by atoms with Gasteiger partial charge in [-0.25, -0.2) is 4.79 Å². The first kappa shape index (κ1) is 18.9. The molecule has 142 valence electrons. The van der Waals surface area contributed by atoms with Crippen molar-refractivity contribution >= 4 is 38.8 Å². The van der Waals surface area contributed by atoms with E-state index in [1.807, 2.05) is 6.07 Å². The molecule has 0 bridgehead atoms. The van der Waals surface area contributed by atoms with Crippen LogP contribution in [-0.2, 0) is 4.74 Å². The number of aromatic nitrogens is 1. The molecule has 2 heterocycles. The van der Waals surface area contributed by atoms with Crippen molar-refractivity contribution < 1.29 is 23.3 Å². The summed E-state index contributed by atoms with van der Waals surface area (Å²) in [5, 5.41) is 8.26. The number of carbonyl (C=O) groups excluding carboxylic acids is 1. The summed E-state index contributed by atoms with van der Waals surface area (Å²) >= 11 is 3.45. The molecule has 1 N–H and O–H groups in total. The van der Waals surface area contributed by atoms with Gasteiger partial charge in [-0.3, -0.25) is 0 Å². The number of fused-ring (bicyclic) bond motifs is 1. The molecule has 0 spiro atoms. The number of anilines is 1. The lowest BCUT2D eigenvalue weighted by molar-refractivity contribution is -0.915. The number of benzene rings is 1. The van der Waals surface area contributed by atoms with Gasteiger partial charge in [0, 0.05) is 14.1 Å². The van der Waals surface area contributed by atoms with Gasteiger partial charge in [0.05, 0.1) is 43.2 Å². The van der Waals surface area contributed by atoms with Crippen LogP contribution in [0.15, 0.2) is 21.1 Å². The van der Waals surface area contributed by atoms with E-state index in [1.165, 1.54) is 4.90 Å². The molecule has 1 saturated heterocycles. The maximum absolute atomic E-state index is 11.7. The summed E-state index contributed by atoms with van der Waals surface area (Å²) in [7, 11) is 5.50. The van der Waals surface area contributed by atoms with Gasteiger partial charge in [-0.15, -0.1) is 0 Å². The zero-order valence-electron chi connectivity index (χ0n) is 15.2. The molecular formula is C17H24BrN4O4+. The Balaban J connectivity index is 1.68. The summed E-state index contributed by atoms with van der Waals surface area (Å²) in [6, 6.07) is 3.56. The van der Waals surface area contributed by atoms with Crippen LogP contribution in [0.4, 0.5) is 10.7 Å². The number of amides is 1. The Kier molecular flexibility index (Phi) is 5.69. The maximum Gasteiger partial charge on any atom is 0.414 e. The van der Waals surface area contributed by atoms with E-state index in [-0.39, 0.29) is 0 Å². The smallest absolute Gasteiger partial charge is 0.409 e. The number of hydrogen-bond donors (Lipinski definition) is 1. The van der Waals surface area contributed by atoms with E-state index < -0.39 is 6.09 Å². The number of quaternary nitrogens is 1. The molecule has 8 nitrogen and oxygen atoms in total. The minimum absolute atomic E-state index is 0.405. The molecule has 1 amide bonds. The predicted octanol–water partition coefficient (Wildman–Crippen LogP) is 2.54. The first-order valence-corrected chi connectivity index (χ1v) is 9.31. The normalized spacial score (nSPS) is 16.5. The first-order chi connectivity index (χ1) is 12.4. The van der Waals surface area contributed by atoms with Gasteiger partial charge in [0.2, 0.25) is 5.88 Å². The van der Waals surface area contributed by atoms with Crippen molar-refractivity contribution in [1.29, 1.82) is 0 Å². The minimum atomic E-state index is -0.450. The summed E-state index contributed by atoms with van der Waals surface area (Å²) in [4.78, 5) is 13.1. The standard InChI is InChI=1S/C17H24BrN4O4/c1-21(2)17(23)25-13-5-4-12-15(14(13)18)20-26-16(12)19-6-7-22(3)8-10-24-11-9-22/h4-5,19H,6-11H2,1-3H3/q+1. The first-order valence-electron chi connectivity index (χ1n) is 8.52. The lowest BCUT2D eigenvalue weighted by Gasteiger charge is -2.37. The van der Waals surface area contributed by atoms with Crippen molar-refractivity contribution in [1.82, 2.24) is 10.1 Å². The van der Waals surface area contributed by atoms with Crippen molar-refractivity contribution in [3.63, 3.8) is 0 Å². The molecule has 1 aromatic heterocycles. The van der Waals surface area contributed by atoms with Crippen molar-refractivity contribution in [3.8, 4) is 5.75 Å². The van der Waals surface area contributed by atoms with Gasteiger partial charge in [-0.1, -0.05) is 5.16 Å². The van der Waals surface area contributed by atoms with Gasteiger partial charge in [-0.2, -0.15) is 0 Å². The van der Waals surface area contributed by atoms with Crippen LogP contribution < -0.4 is 10.1 Å². The quantitative estimate of drug-likeness (QED) is 0.738. The van der Waals surface area contributed by atoms with E-state index in [0.717, 1.165) is 49.3 Å². The third-order valence-corrected chi connectivity index (χ3v) is 5.37. The fourth-order valence-corrected chi connectivity index (χ4v) is 3.30. The molecule has 1 aliphatic rings. The Hall–Kier alpha value is -1.84. The van der Waals surface area contributed by atoms with E-state index in [2.05, 4.69) is 33.5 Å². The second kappa shape index (κ2) is 7.81. The van der Waals surface area contributed by atoms with E-state index in [9.17, 15) is 4.79 Å². The molecule has 1 aromatic carbocycles. The zero-order valence-corrected chi connectivity index (χ0v) is 16.8. The monoisotopic (exact) mass is 427 g/mol. The highest BCUT2D eigenvalue weighted by molar-refractivity contribution is 9.10. The van der Waals surface area contributed by atoms with Crippen molar-refractivity contribution in [3.05, 3.63) is 16.6 Å². The Bertz CT molecular complexity index is 786. The van der Waals surface area contributed by atoms with Crippen LogP contribution in [0.3, 0.4) is 0 Å². The average molecular weight is 428 g/mol. The molecule has 0 aliphatic carbocycles. The third-order valence-electron chi connectivity index (χ3n) is 4.60. The summed E-state index contributed by atoms with van der Waals surface area (Å²) in [5.74, 6) is 1.02. The molecule has 26 heavy (non-hydrogen) atoms. The molecule has 0 saturated carbocycles. The zero-order chi connectivity index (χ0) is 18.7. The lowest BCUT2D eigenvalue weighted by atomic mass is 10.2. The second-order valence-corrected chi connectivity index (χ2v) is 7.67. The van der Waals surface area contributed by atoms with Crippen LogP contribution in [0.1, 0.15) is 0 Å². The molecule has 1 aliphatic heterocycles. The van der Waals surface area contributed by atoms with Gasteiger partial charge in [-0.05, 0) is 28.1 Å².